The summed E-state index contributed by atoms with van der Waals surface area (Å²) in [6.07, 6.45) is 1.77. The monoisotopic (exact) mass is 159 g/mol. The van der Waals surface area contributed by atoms with Crippen LogP contribution in [0.15, 0.2) is 0 Å². The number of carbonyl (C=O) groups is 1. The van der Waals surface area contributed by atoms with Crippen LogP contribution in [-0.2, 0) is 9.53 Å². The standard InChI is InChI=1S/C8H17NO2/c1-5-6-8(2,9-3)7(10)11-4/h9H,5-6H2,1-4H3. The summed E-state index contributed by atoms with van der Waals surface area (Å²) >= 11 is 0. The number of esters is 1. The molecule has 0 aliphatic carbocycles. The Morgan fingerprint density at radius 3 is 2.45 bits per heavy atom. The van der Waals surface area contributed by atoms with Crippen LogP contribution >= 0.6 is 0 Å². The largest absolute Gasteiger partial charge is 0.468 e. The van der Waals surface area contributed by atoms with Crippen molar-refractivity contribution < 1.29 is 9.53 Å². The van der Waals surface area contributed by atoms with Crippen molar-refractivity contribution in [2.45, 2.75) is 32.2 Å². The van der Waals surface area contributed by atoms with Crippen molar-refractivity contribution in [1.82, 2.24) is 5.32 Å². The number of ether oxygens (including phenoxy) is 1. The average molecular weight is 159 g/mol. The van der Waals surface area contributed by atoms with Gasteiger partial charge in [-0.05, 0) is 20.4 Å². The number of methoxy groups -OCH3 is 1. The molecule has 0 bridgehead atoms. The van der Waals surface area contributed by atoms with E-state index in [4.69, 9.17) is 0 Å². The number of rotatable bonds is 4. The molecule has 0 saturated carbocycles. The van der Waals surface area contributed by atoms with Crippen LogP contribution in [0.5, 0.6) is 0 Å². The van der Waals surface area contributed by atoms with Gasteiger partial charge in [-0.2, -0.15) is 0 Å². The number of hydrogen-bond donors (Lipinski definition) is 1. The molecule has 11 heavy (non-hydrogen) atoms. The predicted molar refractivity (Wildman–Crippen MR) is 44.4 cm³/mol. The molecule has 3 nitrogen and oxygen atoms in total. The maximum absolute atomic E-state index is 11.2. The lowest BCUT2D eigenvalue weighted by Crippen LogP contribution is -2.48. The lowest BCUT2D eigenvalue weighted by atomic mass is 9.97. The third-order valence-corrected chi connectivity index (χ3v) is 1.94. The van der Waals surface area contributed by atoms with Gasteiger partial charge in [0.1, 0.15) is 5.54 Å². The number of likely N-dealkylation sites (N-methyl/N-ethyl adjacent to an activating group) is 1. The van der Waals surface area contributed by atoms with E-state index >= 15 is 0 Å². The summed E-state index contributed by atoms with van der Waals surface area (Å²) in [7, 11) is 3.18. The molecular formula is C8H17NO2. The Labute approximate surface area is 68.1 Å². The summed E-state index contributed by atoms with van der Waals surface area (Å²) in [6.45, 7) is 3.89. The molecule has 0 aromatic heterocycles. The van der Waals surface area contributed by atoms with Crippen LogP contribution in [0.4, 0.5) is 0 Å². The topological polar surface area (TPSA) is 38.3 Å². The Morgan fingerprint density at radius 1 is 1.64 bits per heavy atom. The van der Waals surface area contributed by atoms with Gasteiger partial charge in [0.05, 0.1) is 7.11 Å². The lowest BCUT2D eigenvalue weighted by Gasteiger charge is -2.25. The summed E-state index contributed by atoms with van der Waals surface area (Å²) in [5.74, 6) is -0.193. The molecule has 0 aliphatic heterocycles. The van der Waals surface area contributed by atoms with Crippen LogP contribution in [0.2, 0.25) is 0 Å². The van der Waals surface area contributed by atoms with Gasteiger partial charge >= 0.3 is 5.97 Å². The van der Waals surface area contributed by atoms with Gasteiger partial charge in [-0.1, -0.05) is 13.3 Å². The minimum Gasteiger partial charge on any atom is -0.468 e. The highest BCUT2D eigenvalue weighted by atomic mass is 16.5. The van der Waals surface area contributed by atoms with Gasteiger partial charge < -0.3 is 10.1 Å². The van der Waals surface area contributed by atoms with Crippen LogP contribution in [0, 0.1) is 0 Å². The molecule has 0 radical (unpaired) electrons. The van der Waals surface area contributed by atoms with Crippen molar-refractivity contribution in [3.05, 3.63) is 0 Å². The van der Waals surface area contributed by atoms with Gasteiger partial charge in [0, 0.05) is 0 Å². The van der Waals surface area contributed by atoms with Crippen molar-refractivity contribution in [2.75, 3.05) is 14.2 Å². The fraction of sp³-hybridized carbons (Fsp3) is 0.875. The zero-order valence-electron chi connectivity index (χ0n) is 7.73. The van der Waals surface area contributed by atoms with Crippen LogP contribution in [0.25, 0.3) is 0 Å². The van der Waals surface area contributed by atoms with Crippen molar-refractivity contribution in [2.24, 2.45) is 0 Å². The average Bonchev–Trinajstić information content (AvgIpc) is 2.03. The summed E-state index contributed by atoms with van der Waals surface area (Å²) in [5.41, 5.74) is -0.510. The zero-order chi connectivity index (χ0) is 8.91. The summed E-state index contributed by atoms with van der Waals surface area (Å²) in [6, 6.07) is 0. The maximum Gasteiger partial charge on any atom is 0.325 e. The molecule has 0 fully saturated rings. The minimum absolute atomic E-state index is 0.193. The van der Waals surface area contributed by atoms with E-state index in [0.29, 0.717) is 0 Å². The molecule has 0 saturated heterocycles. The minimum atomic E-state index is -0.510. The van der Waals surface area contributed by atoms with E-state index in [9.17, 15) is 4.79 Å². The normalized spacial score (nSPS) is 15.6. The highest BCUT2D eigenvalue weighted by molar-refractivity contribution is 5.80. The first-order valence-corrected chi connectivity index (χ1v) is 3.88. The van der Waals surface area contributed by atoms with Gasteiger partial charge in [0.25, 0.3) is 0 Å². The Kier molecular flexibility index (Phi) is 4.11. The molecule has 0 spiro atoms. The Morgan fingerprint density at radius 2 is 2.18 bits per heavy atom. The van der Waals surface area contributed by atoms with Gasteiger partial charge in [-0.25, -0.2) is 0 Å². The highest BCUT2D eigenvalue weighted by Crippen LogP contribution is 2.12. The molecule has 1 unspecified atom stereocenters. The first-order chi connectivity index (χ1) is 5.10. The third-order valence-electron chi connectivity index (χ3n) is 1.94. The Bertz CT molecular complexity index is 136. The van der Waals surface area contributed by atoms with E-state index in [1.54, 1.807) is 7.05 Å². The number of hydrogen-bond acceptors (Lipinski definition) is 3. The number of carbonyl (C=O) groups excluding carboxylic acids is 1. The molecule has 66 valence electrons. The van der Waals surface area contributed by atoms with Crippen molar-refractivity contribution >= 4 is 5.97 Å². The van der Waals surface area contributed by atoms with Crippen LogP contribution in [0.3, 0.4) is 0 Å². The molecule has 1 N–H and O–H groups in total. The molecule has 0 heterocycles. The second kappa shape index (κ2) is 4.34. The van der Waals surface area contributed by atoms with E-state index in [2.05, 4.69) is 10.1 Å². The van der Waals surface area contributed by atoms with Gasteiger partial charge in [0.2, 0.25) is 0 Å². The molecular weight excluding hydrogens is 142 g/mol. The second-order valence-electron chi connectivity index (χ2n) is 2.82. The third kappa shape index (κ3) is 2.50. The highest BCUT2D eigenvalue weighted by Gasteiger charge is 2.30. The SMILES string of the molecule is CCCC(C)(NC)C(=O)OC. The lowest BCUT2D eigenvalue weighted by molar-refractivity contribution is -0.148. The zero-order valence-corrected chi connectivity index (χ0v) is 7.73. The fourth-order valence-corrected chi connectivity index (χ4v) is 1.05. The molecule has 3 heteroatoms. The second-order valence-corrected chi connectivity index (χ2v) is 2.82. The van der Waals surface area contributed by atoms with Gasteiger partial charge in [0.15, 0.2) is 0 Å². The Hall–Kier alpha value is -0.570. The van der Waals surface area contributed by atoms with Crippen molar-refractivity contribution in [1.29, 1.82) is 0 Å². The maximum atomic E-state index is 11.2. The van der Waals surface area contributed by atoms with Crippen LogP contribution < -0.4 is 5.32 Å². The van der Waals surface area contributed by atoms with E-state index in [-0.39, 0.29) is 5.97 Å². The Balaban J connectivity index is 4.19. The number of nitrogens with one attached hydrogen (secondary N) is 1. The summed E-state index contributed by atoms with van der Waals surface area (Å²) in [5, 5.41) is 2.96. The molecule has 1 atom stereocenters. The predicted octanol–water partition coefficient (Wildman–Crippen LogP) is 0.938. The van der Waals surface area contributed by atoms with E-state index in [1.165, 1.54) is 7.11 Å². The molecule has 0 rings (SSSR count). The van der Waals surface area contributed by atoms with E-state index in [1.807, 2.05) is 13.8 Å². The first kappa shape index (κ1) is 10.4. The fourth-order valence-electron chi connectivity index (χ4n) is 1.05. The van der Waals surface area contributed by atoms with Crippen molar-refractivity contribution in [3.8, 4) is 0 Å². The smallest absolute Gasteiger partial charge is 0.325 e. The quantitative estimate of drug-likeness (QED) is 0.620. The van der Waals surface area contributed by atoms with Crippen LogP contribution in [0.1, 0.15) is 26.7 Å². The van der Waals surface area contributed by atoms with Gasteiger partial charge in [-0.15, -0.1) is 0 Å². The summed E-state index contributed by atoms with van der Waals surface area (Å²) in [4.78, 5) is 11.2. The van der Waals surface area contributed by atoms with E-state index in [0.717, 1.165) is 12.8 Å². The van der Waals surface area contributed by atoms with Crippen molar-refractivity contribution in [3.63, 3.8) is 0 Å². The molecule has 0 aliphatic rings. The summed E-state index contributed by atoms with van der Waals surface area (Å²) < 4.78 is 4.66. The molecule has 0 amide bonds. The van der Waals surface area contributed by atoms with Gasteiger partial charge in [-0.3, -0.25) is 4.79 Å². The molecule has 0 aromatic rings. The van der Waals surface area contributed by atoms with E-state index < -0.39 is 5.54 Å². The molecule has 0 aromatic carbocycles. The first-order valence-electron chi connectivity index (χ1n) is 3.88. The van der Waals surface area contributed by atoms with Crippen LogP contribution in [-0.4, -0.2) is 25.7 Å².